The van der Waals surface area contributed by atoms with E-state index in [0.717, 1.165) is 16.8 Å². The molecule has 49 heavy (non-hydrogen) atoms. The van der Waals surface area contributed by atoms with E-state index in [-0.39, 0.29) is 36.8 Å². The quantitative estimate of drug-likeness (QED) is 0.241. The van der Waals surface area contributed by atoms with Crippen LogP contribution < -0.4 is 16.0 Å². The van der Waals surface area contributed by atoms with Crippen molar-refractivity contribution in [2.75, 3.05) is 13.1 Å². The minimum atomic E-state index is -0.648. The molecule has 12 nitrogen and oxygen atoms in total. The van der Waals surface area contributed by atoms with E-state index in [9.17, 15) is 19.2 Å². The van der Waals surface area contributed by atoms with Gasteiger partial charge in [-0.1, -0.05) is 60.7 Å². The zero-order chi connectivity index (χ0) is 34.3. The summed E-state index contributed by atoms with van der Waals surface area (Å²) in [7, 11) is 1.81. The van der Waals surface area contributed by atoms with Gasteiger partial charge >= 0.3 is 0 Å². The van der Waals surface area contributed by atoms with Crippen molar-refractivity contribution in [2.45, 2.75) is 44.3 Å². The number of nitrogens with zero attached hydrogens (tertiary/aromatic N) is 5. The molecule has 3 N–H and O–H groups in total. The number of fused-ring (bicyclic) bond motifs is 4. The molecule has 3 atom stereocenters. The van der Waals surface area contributed by atoms with Crippen molar-refractivity contribution in [3.05, 3.63) is 122 Å². The highest BCUT2D eigenvalue weighted by molar-refractivity contribution is 7.10. The normalized spacial score (nSPS) is 18.9. The summed E-state index contributed by atoms with van der Waals surface area (Å²) in [6, 6.07) is 19.2. The zero-order valence-corrected chi connectivity index (χ0v) is 28.7. The first-order valence-electron chi connectivity index (χ1n) is 15.9. The van der Waals surface area contributed by atoms with E-state index in [0.29, 0.717) is 22.9 Å². The molecule has 0 radical (unpaired) electrons. The standard InChI is InChI=1S/C35H36N8O4S2/c1-22-34-40-28(20-48-34)32(46)38-26(17-23-9-5-3-6-10-23)35-41-29(21-49-35)33(47)39-27(24-11-7-4-8-12-24)18-43(19-30(44)37-22)31(45)14-13-25-15-16-36-42(25)2/h3-12,15-16,20-22,26-27H,13-14,17-19H2,1-2H3,(H,37,44)(H,38,46)(H,39,47)/t22-,26+,27-/m0/s1. The molecule has 4 bridgehead atoms. The van der Waals surface area contributed by atoms with Gasteiger partial charge in [0.25, 0.3) is 11.8 Å². The molecule has 6 rings (SSSR count). The van der Waals surface area contributed by atoms with Gasteiger partial charge in [0.2, 0.25) is 11.8 Å². The van der Waals surface area contributed by atoms with E-state index < -0.39 is 35.8 Å². The van der Waals surface area contributed by atoms with Gasteiger partial charge in [-0.25, -0.2) is 9.97 Å². The molecule has 0 saturated heterocycles. The fourth-order valence-electron chi connectivity index (χ4n) is 5.61. The van der Waals surface area contributed by atoms with E-state index in [1.165, 1.54) is 27.6 Å². The maximum atomic E-state index is 13.8. The summed E-state index contributed by atoms with van der Waals surface area (Å²) in [6.07, 6.45) is 2.70. The number of thiazole rings is 2. The number of hydrogen-bond acceptors (Lipinski definition) is 9. The van der Waals surface area contributed by atoms with Crippen molar-refractivity contribution in [3.8, 4) is 0 Å². The number of amides is 4. The Morgan fingerprint density at radius 3 is 2.20 bits per heavy atom. The molecule has 0 unspecified atom stereocenters. The number of rotatable bonds is 6. The summed E-state index contributed by atoms with van der Waals surface area (Å²) in [5.74, 6) is -1.47. The second kappa shape index (κ2) is 15.3. The lowest BCUT2D eigenvalue weighted by Gasteiger charge is -2.29. The summed E-state index contributed by atoms with van der Waals surface area (Å²) >= 11 is 2.55. The molecule has 0 saturated carbocycles. The molecular formula is C35H36N8O4S2. The fourth-order valence-corrected chi connectivity index (χ4v) is 7.27. The summed E-state index contributed by atoms with van der Waals surface area (Å²) < 4.78 is 1.71. The van der Waals surface area contributed by atoms with Crippen LogP contribution in [0.25, 0.3) is 0 Å². The highest BCUT2D eigenvalue weighted by atomic mass is 32.1. The Morgan fingerprint density at radius 1 is 0.857 bits per heavy atom. The van der Waals surface area contributed by atoms with Crippen molar-refractivity contribution >= 4 is 46.3 Å². The second-order valence-electron chi connectivity index (χ2n) is 11.8. The number of carbonyl (C=O) groups excluding carboxylic acids is 4. The summed E-state index contributed by atoms with van der Waals surface area (Å²) in [4.78, 5) is 65.2. The first kappa shape index (κ1) is 33.7. The topological polar surface area (TPSA) is 151 Å². The summed E-state index contributed by atoms with van der Waals surface area (Å²) in [5.41, 5.74) is 3.04. The van der Waals surface area contributed by atoms with Gasteiger partial charge in [-0.2, -0.15) is 5.10 Å². The molecule has 3 aromatic heterocycles. The van der Waals surface area contributed by atoms with Crippen molar-refractivity contribution in [1.29, 1.82) is 0 Å². The Morgan fingerprint density at radius 2 is 1.51 bits per heavy atom. The predicted octanol–water partition coefficient (Wildman–Crippen LogP) is 4.17. The van der Waals surface area contributed by atoms with Crippen LogP contribution in [0.15, 0.2) is 83.7 Å². The van der Waals surface area contributed by atoms with Gasteiger partial charge < -0.3 is 20.9 Å². The Kier molecular flexibility index (Phi) is 10.5. The zero-order valence-electron chi connectivity index (χ0n) is 27.0. The molecule has 0 spiro atoms. The van der Waals surface area contributed by atoms with Crippen LogP contribution in [0.2, 0.25) is 0 Å². The Bertz CT molecular complexity index is 1920. The van der Waals surface area contributed by atoms with Crippen molar-refractivity contribution in [2.24, 2.45) is 7.05 Å². The van der Waals surface area contributed by atoms with E-state index in [1.54, 1.807) is 28.6 Å². The first-order chi connectivity index (χ1) is 23.7. The highest BCUT2D eigenvalue weighted by Crippen LogP contribution is 2.25. The molecule has 4 heterocycles. The van der Waals surface area contributed by atoms with E-state index in [4.69, 9.17) is 0 Å². The Balaban J connectivity index is 1.34. The van der Waals surface area contributed by atoms with Crippen LogP contribution in [-0.4, -0.2) is 61.4 Å². The number of nitrogens with one attached hydrogen (secondary N) is 3. The highest BCUT2D eigenvalue weighted by Gasteiger charge is 2.28. The Labute approximate surface area is 291 Å². The Hall–Kier alpha value is -5.21. The molecule has 1 aliphatic rings. The van der Waals surface area contributed by atoms with Gasteiger partial charge in [-0.15, -0.1) is 22.7 Å². The first-order valence-corrected chi connectivity index (χ1v) is 17.6. The molecule has 5 aromatic rings. The van der Waals surface area contributed by atoms with E-state index in [1.807, 2.05) is 73.8 Å². The van der Waals surface area contributed by atoms with Gasteiger partial charge in [0.15, 0.2) is 0 Å². The van der Waals surface area contributed by atoms with Crippen molar-refractivity contribution in [3.63, 3.8) is 0 Å². The molecule has 1 aliphatic heterocycles. The van der Waals surface area contributed by atoms with Gasteiger partial charge in [-0.3, -0.25) is 23.9 Å². The lowest BCUT2D eigenvalue weighted by molar-refractivity contribution is -0.136. The molecule has 252 valence electrons. The largest absolute Gasteiger partial charge is 0.346 e. The summed E-state index contributed by atoms with van der Waals surface area (Å²) in [6.45, 7) is 1.59. The smallest absolute Gasteiger partial charge is 0.271 e. The average Bonchev–Trinajstić information content (AvgIpc) is 3.88. The summed E-state index contributed by atoms with van der Waals surface area (Å²) in [5, 5.41) is 17.7. The lowest BCUT2D eigenvalue weighted by Crippen LogP contribution is -2.46. The minimum absolute atomic E-state index is 0.0485. The maximum absolute atomic E-state index is 13.8. The fraction of sp³-hybridized carbons (Fsp3) is 0.286. The molecule has 0 aliphatic carbocycles. The second-order valence-corrected chi connectivity index (χ2v) is 13.6. The van der Waals surface area contributed by atoms with Crippen LogP contribution in [0.4, 0.5) is 0 Å². The monoisotopic (exact) mass is 696 g/mol. The number of benzene rings is 2. The number of aryl methyl sites for hydroxylation is 2. The third-order valence-electron chi connectivity index (χ3n) is 8.26. The number of aromatic nitrogens is 4. The third-order valence-corrected chi connectivity index (χ3v) is 10.2. The van der Waals surface area contributed by atoms with Crippen LogP contribution in [-0.2, 0) is 29.5 Å². The van der Waals surface area contributed by atoms with E-state index >= 15 is 0 Å². The number of hydrogen-bond donors (Lipinski definition) is 3. The van der Waals surface area contributed by atoms with Crippen molar-refractivity contribution in [1.82, 2.24) is 40.6 Å². The third kappa shape index (κ3) is 8.45. The van der Waals surface area contributed by atoms with Crippen LogP contribution in [0, 0.1) is 0 Å². The van der Waals surface area contributed by atoms with E-state index in [2.05, 4.69) is 31.0 Å². The molecule has 0 fully saturated rings. The molecule has 2 aromatic carbocycles. The average molecular weight is 697 g/mol. The predicted molar refractivity (Wildman–Crippen MR) is 186 cm³/mol. The van der Waals surface area contributed by atoms with Gasteiger partial charge in [-0.05, 0) is 37.0 Å². The number of carbonyl (C=O) groups is 4. The van der Waals surface area contributed by atoms with Crippen molar-refractivity contribution < 1.29 is 19.2 Å². The van der Waals surface area contributed by atoms with Gasteiger partial charge in [0.1, 0.15) is 21.4 Å². The molecule has 4 amide bonds. The molecular weight excluding hydrogens is 661 g/mol. The SMILES string of the molecule is C[C@@H]1NC(=O)CN(C(=O)CCc2ccnn2C)C[C@@H](c2ccccc2)NC(=O)c2csc(n2)[C@@H](Cc2ccccc2)NC(=O)c2csc1n2. The lowest BCUT2D eigenvalue weighted by atomic mass is 10.1. The van der Waals surface area contributed by atoms with Crippen LogP contribution in [0.5, 0.6) is 0 Å². The maximum Gasteiger partial charge on any atom is 0.271 e. The van der Waals surface area contributed by atoms with Gasteiger partial charge in [0, 0.05) is 42.7 Å². The van der Waals surface area contributed by atoms with Gasteiger partial charge in [0.05, 0.1) is 24.7 Å². The van der Waals surface area contributed by atoms with Crippen LogP contribution >= 0.6 is 22.7 Å². The minimum Gasteiger partial charge on any atom is -0.346 e. The van der Waals surface area contributed by atoms with Crippen LogP contribution in [0.1, 0.15) is 79.3 Å². The van der Waals surface area contributed by atoms with Crippen LogP contribution in [0.3, 0.4) is 0 Å². The molecule has 14 heteroatoms.